The molecular formula is C16H17NO3. The fourth-order valence-corrected chi connectivity index (χ4v) is 1.78. The van der Waals surface area contributed by atoms with Gasteiger partial charge in [0.25, 0.3) is 0 Å². The third-order valence-electron chi connectivity index (χ3n) is 2.75. The molecule has 0 aliphatic carbocycles. The van der Waals surface area contributed by atoms with Gasteiger partial charge in [0.1, 0.15) is 5.75 Å². The Morgan fingerprint density at radius 2 is 1.85 bits per heavy atom. The molecule has 2 aromatic rings. The molecule has 0 fully saturated rings. The summed E-state index contributed by atoms with van der Waals surface area (Å²) in [6.07, 6.45) is 0. The first-order valence-electron chi connectivity index (χ1n) is 6.41. The molecule has 0 bridgehead atoms. The van der Waals surface area contributed by atoms with Gasteiger partial charge in [0.15, 0.2) is 0 Å². The molecule has 0 saturated heterocycles. The van der Waals surface area contributed by atoms with Crippen LogP contribution >= 0.6 is 0 Å². The van der Waals surface area contributed by atoms with Gasteiger partial charge in [0.05, 0.1) is 19.3 Å². The molecule has 4 heteroatoms. The second-order valence-corrected chi connectivity index (χ2v) is 4.15. The van der Waals surface area contributed by atoms with Crippen LogP contribution in [-0.2, 0) is 4.74 Å². The standard InChI is InChI=1S/C16H17NO3/c1-3-20-16(18)12-5-4-6-14(11-12)17-13-7-9-15(19-2)10-8-13/h4-11,17H,3H2,1-2H3. The predicted molar refractivity (Wildman–Crippen MR) is 78.7 cm³/mol. The second-order valence-electron chi connectivity index (χ2n) is 4.15. The maximum Gasteiger partial charge on any atom is 0.338 e. The number of esters is 1. The molecule has 0 radical (unpaired) electrons. The SMILES string of the molecule is CCOC(=O)c1cccc(Nc2ccc(OC)cc2)c1. The number of benzene rings is 2. The third-order valence-corrected chi connectivity index (χ3v) is 2.75. The van der Waals surface area contributed by atoms with Gasteiger partial charge in [0.2, 0.25) is 0 Å². The Bertz CT molecular complexity index is 579. The lowest BCUT2D eigenvalue weighted by Gasteiger charge is -2.09. The maximum atomic E-state index is 11.7. The number of nitrogens with one attached hydrogen (secondary N) is 1. The minimum Gasteiger partial charge on any atom is -0.497 e. The van der Waals surface area contributed by atoms with Gasteiger partial charge in [0, 0.05) is 11.4 Å². The molecule has 0 aliphatic heterocycles. The molecule has 1 N–H and O–H groups in total. The molecule has 4 nitrogen and oxygen atoms in total. The Morgan fingerprint density at radius 1 is 1.10 bits per heavy atom. The predicted octanol–water partition coefficient (Wildman–Crippen LogP) is 3.62. The highest BCUT2D eigenvalue weighted by atomic mass is 16.5. The largest absolute Gasteiger partial charge is 0.497 e. The summed E-state index contributed by atoms with van der Waals surface area (Å²) in [5.74, 6) is 0.488. The van der Waals surface area contributed by atoms with E-state index < -0.39 is 0 Å². The van der Waals surface area contributed by atoms with Crippen molar-refractivity contribution >= 4 is 17.3 Å². The zero-order chi connectivity index (χ0) is 14.4. The summed E-state index contributed by atoms with van der Waals surface area (Å²) in [4.78, 5) is 11.7. The first-order valence-corrected chi connectivity index (χ1v) is 6.41. The quantitative estimate of drug-likeness (QED) is 0.844. The lowest BCUT2D eigenvalue weighted by Crippen LogP contribution is -2.04. The van der Waals surface area contributed by atoms with E-state index in [9.17, 15) is 4.79 Å². The Balaban J connectivity index is 2.12. The number of methoxy groups -OCH3 is 1. The summed E-state index contributed by atoms with van der Waals surface area (Å²) in [7, 11) is 1.63. The van der Waals surface area contributed by atoms with Gasteiger partial charge in [-0.2, -0.15) is 0 Å². The minimum atomic E-state index is -0.314. The molecule has 0 unspecified atom stereocenters. The van der Waals surface area contributed by atoms with Crippen molar-refractivity contribution in [2.75, 3.05) is 19.0 Å². The van der Waals surface area contributed by atoms with Crippen LogP contribution in [0.5, 0.6) is 5.75 Å². The van der Waals surface area contributed by atoms with Crippen LogP contribution in [0.4, 0.5) is 11.4 Å². The molecule has 0 spiro atoms. The average Bonchev–Trinajstić information content (AvgIpc) is 2.48. The first-order chi connectivity index (χ1) is 9.72. The number of carbonyl (C=O) groups is 1. The number of ether oxygens (including phenoxy) is 2. The highest BCUT2D eigenvalue weighted by molar-refractivity contribution is 5.90. The molecule has 0 amide bonds. The van der Waals surface area contributed by atoms with E-state index >= 15 is 0 Å². The molecule has 0 heterocycles. The van der Waals surface area contributed by atoms with Crippen molar-refractivity contribution in [2.24, 2.45) is 0 Å². The molecule has 0 saturated carbocycles. The van der Waals surface area contributed by atoms with Crippen LogP contribution in [0.15, 0.2) is 48.5 Å². The van der Waals surface area contributed by atoms with E-state index in [1.54, 1.807) is 26.2 Å². The summed E-state index contributed by atoms with van der Waals surface area (Å²) < 4.78 is 10.1. The molecular weight excluding hydrogens is 254 g/mol. The second kappa shape index (κ2) is 6.61. The van der Waals surface area contributed by atoms with Gasteiger partial charge in [-0.05, 0) is 49.4 Å². The van der Waals surface area contributed by atoms with E-state index in [4.69, 9.17) is 9.47 Å². The zero-order valence-corrected chi connectivity index (χ0v) is 11.6. The summed E-state index contributed by atoms with van der Waals surface area (Å²) >= 11 is 0. The summed E-state index contributed by atoms with van der Waals surface area (Å²) in [5.41, 5.74) is 2.29. The Kier molecular flexibility index (Phi) is 4.60. The Labute approximate surface area is 118 Å². The molecule has 2 rings (SSSR count). The van der Waals surface area contributed by atoms with Gasteiger partial charge in [-0.3, -0.25) is 0 Å². The van der Waals surface area contributed by atoms with Crippen LogP contribution in [0.2, 0.25) is 0 Å². The van der Waals surface area contributed by atoms with Crippen LogP contribution < -0.4 is 10.1 Å². The van der Waals surface area contributed by atoms with E-state index in [0.717, 1.165) is 17.1 Å². The average molecular weight is 271 g/mol. The lowest BCUT2D eigenvalue weighted by molar-refractivity contribution is 0.0526. The highest BCUT2D eigenvalue weighted by Crippen LogP contribution is 2.20. The number of rotatable bonds is 5. The van der Waals surface area contributed by atoms with Gasteiger partial charge >= 0.3 is 5.97 Å². The van der Waals surface area contributed by atoms with E-state index in [0.29, 0.717) is 12.2 Å². The van der Waals surface area contributed by atoms with Crippen molar-refractivity contribution in [1.29, 1.82) is 0 Å². The normalized spacial score (nSPS) is 9.90. The molecule has 0 aliphatic rings. The van der Waals surface area contributed by atoms with Gasteiger partial charge in [-0.25, -0.2) is 4.79 Å². The van der Waals surface area contributed by atoms with Crippen molar-refractivity contribution in [1.82, 2.24) is 0 Å². The molecule has 20 heavy (non-hydrogen) atoms. The molecule has 104 valence electrons. The fourth-order valence-electron chi connectivity index (χ4n) is 1.78. The number of hydrogen-bond acceptors (Lipinski definition) is 4. The maximum absolute atomic E-state index is 11.7. The van der Waals surface area contributed by atoms with Crippen molar-refractivity contribution < 1.29 is 14.3 Å². The van der Waals surface area contributed by atoms with E-state index in [1.165, 1.54) is 0 Å². The van der Waals surface area contributed by atoms with Gasteiger partial charge in [-0.1, -0.05) is 6.07 Å². The van der Waals surface area contributed by atoms with Crippen molar-refractivity contribution in [3.8, 4) is 5.75 Å². The van der Waals surface area contributed by atoms with Crippen LogP contribution in [-0.4, -0.2) is 19.7 Å². The summed E-state index contributed by atoms with van der Waals surface area (Å²) in [6.45, 7) is 2.16. The number of anilines is 2. The summed E-state index contributed by atoms with van der Waals surface area (Å²) in [6, 6.07) is 14.8. The zero-order valence-electron chi connectivity index (χ0n) is 11.6. The lowest BCUT2D eigenvalue weighted by atomic mass is 10.2. The molecule has 0 atom stereocenters. The first kappa shape index (κ1) is 13.9. The van der Waals surface area contributed by atoms with Crippen LogP contribution in [0.1, 0.15) is 17.3 Å². The van der Waals surface area contributed by atoms with E-state index in [-0.39, 0.29) is 5.97 Å². The van der Waals surface area contributed by atoms with Gasteiger partial charge in [-0.15, -0.1) is 0 Å². The van der Waals surface area contributed by atoms with Gasteiger partial charge < -0.3 is 14.8 Å². The smallest absolute Gasteiger partial charge is 0.338 e. The van der Waals surface area contributed by atoms with Crippen LogP contribution in [0, 0.1) is 0 Å². The molecule has 2 aromatic carbocycles. The fraction of sp³-hybridized carbons (Fsp3) is 0.188. The van der Waals surface area contributed by atoms with Crippen molar-refractivity contribution in [2.45, 2.75) is 6.92 Å². The third kappa shape index (κ3) is 3.51. The Hall–Kier alpha value is -2.49. The highest BCUT2D eigenvalue weighted by Gasteiger charge is 2.06. The van der Waals surface area contributed by atoms with Crippen molar-refractivity contribution in [3.63, 3.8) is 0 Å². The topological polar surface area (TPSA) is 47.6 Å². The number of carbonyl (C=O) groups excluding carboxylic acids is 1. The molecule has 0 aromatic heterocycles. The summed E-state index contributed by atoms with van der Waals surface area (Å²) in [5, 5.41) is 3.23. The monoisotopic (exact) mass is 271 g/mol. The van der Waals surface area contributed by atoms with E-state index in [2.05, 4.69) is 5.32 Å². The number of hydrogen-bond donors (Lipinski definition) is 1. The van der Waals surface area contributed by atoms with Crippen LogP contribution in [0.25, 0.3) is 0 Å². The minimum absolute atomic E-state index is 0.314. The van der Waals surface area contributed by atoms with E-state index in [1.807, 2.05) is 36.4 Å². The van der Waals surface area contributed by atoms with Crippen LogP contribution in [0.3, 0.4) is 0 Å². The Morgan fingerprint density at radius 3 is 2.50 bits per heavy atom. The van der Waals surface area contributed by atoms with Crippen molar-refractivity contribution in [3.05, 3.63) is 54.1 Å².